The van der Waals surface area contributed by atoms with Crippen molar-refractivity contribution in [2.24, 2.45) is 0 Å². The molecule has 0 saturated heterocycles. The summed E-state index contributed by atoms with van der Waals surface area (Å²) in [7, 11) is 0. The van der Waals surface area contributed by atoms with Crippen LogP contribution < -0.4 is 5.32 Å². The number of alkyl halides is 2. The second-order valence-corrected chi connectivity index (χ2v) is 3.65. The van der Waals surface area contributed by atoms with Gasteiger partial charge < -0.3 is 10.4 Å². The Bertz CT molecular complexity index is 374. The molecule has 0 heterocycles. The molecule has 2 N–H and O–H groups in total. The average Bonchev–Trinajstić information content (AvgIpc) is 2.14. The fraction of sp³-hybridized carbons (Fsp3) is 0.364. The molecule has 88 valence electrons. The summed E-state index contributed by atoms with van der Waals surface area (Å²) < 4.78 is 25.2. The van der Waals surface area contributed by atoms with Crippen molar-refractivity contribution < 1.29 is 18.7 Å². The molecule has 0 radical (unpaired) electrons. The Morgan fingerprint density at radius 1 is 1.44 bits per heavy atom. The molecule has 16 heavy (non-hydrogen) atoms. The Hall–Kier alpha value is -1.65. The number of halogens is 2. The predicted octanol–water partition coefficient (Wildman–Crippen LogP) is 2.38. The van der Waals surface area contributed by atoms with E-state index in [2.05, 4.69) is 5.32 Å². The van der Waals surface area contributed by atoms with E-state index in [1.54, 1.807) is 24.3 Å². The van der Waals surface area contributed by atoms with Crippen LogP contribution in [-0.4, -0.2) is 23.5 Å². The second kappa shape index (κ2) is 4.92. The third-order valence-corrected chi connectivity index (χ3v) is 1.95. The van der Waals surface area contributed by atoms with Crippen molar-refractivity contribution in [2.45, 2.75) is 19.3 Å². The first-order valence-electron chi connectivity index (χ1n) is 4.80. The standard InChI is InChI=1S/C11H13F2NO2/c1-11(12,13)7-14-9-5-3-2-4-8(9)6-10(15)16/h2-5,14H,6-7H2,1H3,(H,15,16). The number of carboxylic acid groups (broad SMARTS) is 1. The molecule has 1 aromatic rings. The number of hydrogen-bond donors (Lipinski definition) is 2. The van der Waals surface area contributed by atoms with Crippen molar-refractivity contribution in [3.8, 4) is 0 Å². The maximum atomic E-state index is 12.6. The van der Waals surface area contributed by atoms with Gasteiger partial charge in [0, 0.05) is 12.6 Å². The van der Waals surface area contributed by atoms with Crippen molar-refractivity contribution in [3.05, 3.63) is 29.8 Å². The Morgan fingerprint density at radius 3 is 2.62 bits per heavy atom. The van der Waals surface area contributed by atoms with Crippen LogP contribution in [0.25, 0.3) is 0 Å². The maximum absolute atomic E-state index is 12.6. The largest absolute Gasteiger partial charge is 0.481 e. The van der Waals surface area contributed by atoms with E-state index >= 15 is 0 Å². The smallest absolute Gasteiger partial charge is 0.307 e. The molecule has 0 fully saturated rings. The molecular weight excluding hydrogens is 216 g/mol. The van der Waals surface area contributed by atoms with Crippen LogP contribution in [0.1, 0.15) is 12.5 Å². The lowest BCUT2D eigenvalue weighted by atomic mass is 10.1. The van der Waals surface area contributed by atoms with Crippen LogP contribution in [0.15, 0.2) is 24.3 Å². The second-order valence-electron chi connectivity index (χ2n) is 3.65. The van der Waals surface area contributed by atoms with Gasteiger partial charge in [0.1, 0.15) is 0 Å². The van der Waals surface area contributed by atoms with Gasteiger partial charge in [-0.2, -0.15) is 0 Å². The molecule has 0 aromatic heterocycles. The van der Waals surface area contributed by atoms with Crippen LogP contribution in [0.3, 0.4) is 0 Å². The van der Waals surface area contributed by atoms with Gasteiger partial charge in [0.05, 0.1) is 13.0 Å². The van der Waals surface area contributed by atoms with E-state index in [4.69, 9.17) is 5.11 Å². The minimum atomic E-state index is -2.82. The van der Waals surface area contributed by atoms with Crippen LogP contribution >= 0.6 is 0 Å². The van der Waals surface area contributed by atoms with E-state index in [1.807, 2.05) is 0 Å². The lowest BCUT2D eigenvalue weighted by molar-refractivity contribution is -0.136. The molecule has 0 bridgehead atoms. The highest BCUT2D eigenvalue weighted by Gasteiger charge is 2.20. The van der Waals surface area contributed by atoms with Gasteiger partial charge >= 0.3 is 5.97 Å². The monoisotopic (exact) mass is 229 g/mol. The van der Waals surface area contributed by atoms with E-state index in [0.717, 1.165) is 6.92 Å². The molecule has 0 aliphatic heterocycles. The molecule has 3 nitrogen and oxygen atoms in total. The molecule has 0 spiro atoms. The molecule has 0 unspecified atom stereocenters. The normalized spacial score (nSPS) is 11.2. The fourth-order valence-corrected chi connectivity index (χ4v) is 1.26. The van der Waals surface area contributed by atoms with Crippen molar-refractivity contribution >= 4 is 11.7 Å². The number of carboxylic acids is 1. The Kier molecular flexibility index (Phi) is 3.82. The number of hydrogen-bond acceptors (Lipinski definition) is 2. The number of para-hydroxylation sites is 1. The molecule has 0 saturated carbocycles. The molecule has 0 amide bonds. The lowest BCUT2D eigenvalue weighted by Crippen LogP contribution is -2.23. The number of benzene rings is 1. The topological polar surface area (TPSA) is 49.3 Å². The van der Waals surface area contributed by atoms with E-state index in [0.29, 0.717) is 11.3 Å². The molecule has 1 rings (SSSR count). The van der Waals surface area contributed by atoms with Crippen molar-refractivity contribution in [2.75, 3.05) is 11.9 Å². The molecule has 5 heteroatoms. The first kappa shape index (κ1) is 12.4. The lowest BCUT2D eigenvalue weighted by Gasteiger charge is -2.14. The van der Waals surface area contributed by atoms with E-state index in [1.165, 1.54) is 0 Å². The summed E-state index contributed by atoms with van der Waals surface area (Å²) in [6, 6.07) is 6.53. The SMILES string of the molecule is CC(F)(F)CNc1ccccc1CC(=O)O. The van der Waals surface area contributed by atoms with Gasteiger partial charge in [0.15, 0.2) is 0 Å². The van der Waals surface area contributed by atoms with Crippen LogP contribution in [0.2, 0.25) is 0 Å². The molecule has 1 aromatic carbocycles. The van der Waals surface area contributed by atoms with Crippen LogP contribution in [-0.2, 0) is 11.2 Å². The summed E-state index contributed by atoms with van der Waals surface area (Å²) >= 11 is 0. The van der Waals surface area contributed by atoms with Crippen LogP contribution in [0, 0.1) is 0 Å². The Morgan fingerprint density at radius 2 is 2.06 bits per heavy atom. The van der Waals surface area contributed by atoms with Crippen molar-refractivity contribution in [1.82, 2.24) is 0 Å². The number of aliphatic carboxylic acids is 1. The maximum Gasteiger partial charge on any atom is 0.307 e. The third-order valence-electron chi connectivity index (χ3n) is 1.95. The predicted molar refractivity (Wildman–Crippen MR) is 56.9 cm³/mol. The van der Waals surface area contributed by atoms with Gasteiger partial charge in [-0.1, -0.05) is 18.2 Å². The van der Waals surface area contributed by atoms with E-state index < -0.39 is 18.4 Å². The van der Waals surface area contributed by atoms with Crippen LogP contribution in [0.4, 0.5) is 14.5 Å². The van der Waals surface area contributed by atoms with Gasteiger partial charge in [0.2, 0.25) is 0 Å². The molecular formula is C11H13F2NO2. The molecule has 0 aliphatic rings. The van der Waals surface area contributed by atoms with Crippen molar-refractivity contribution in [1.29, 1.82) is 0 Å². The van der Waals surface area contributed by atoms with E-state index in [9.17, 15) is 13.6 Å². The summed E-state index contributed by atoms with van der Waals surface area (Å²) in [5, 5.41) is 11.2. The highest BCUT2D eigenvalue weighted by Crippen LogP contribution is 2.18. The summed E-state index contributed by atoms with van der Waals surface area (Å²) in [6.45, 7) is 0.295. The zero-order valence-corrected chi connectivity index (χ0v) is 8.84. The van der Waals surface area contributed by atoms with Gasteiger partial charge in [-0.3, -0.25) is 4.79 Å². The summed E-state index contributed by atoms with van der Waals surface area (Å²) in [6.07, 6.45) is -0.182. The fourth-order valence-electron chi connectivity index (χ4n) is 1.26. The zero-order chi connectivity index (χ0) is 12.2. The summed E-state index contributed by atoms with van der Waals surface area (Å²) in [5.41, 5.74) is 0.936. The molecule has 0 atom stereocenters. The number of nitrogens with one attached hydrogen (secondary N) is 1. The van der Waals surface area contributed by atoms with Crippen LogP contribution in [0.5, 0.6) is 0 Å². The van der Waals surface area contributed by atoms with Gasteiger partial charge in [0.25, 0.3) is 5.92 Å². The zero-order valence-electron chi connectivity index (χ0n) is 8.84. The summed E-state index contributed by atoms with van der Waals surface area (Å²) in [5.74, 6) is -3.81. The van der Waals surface area contributed by atoms with E-state index in [-0.39, 0.29) is 6.42 Å². The minimum absolute atomic E-state index is 0.182. The Balaban J connectivity index is 2.75. The average molecular weight is 229 g/mol. The number of rotatable bonds is 5. The highest BCUT2D eigenvalue weighted by molar-refractivity contribution is 5.73. The van der Waals surface area contributed by atoms with Crippen molar-refractivity contribution in [3.63, 3.8) is 0 Å². The third kappa shape index (κ3) is 4.25. The highest BCUT2D eigenvalue weighted by atomic mass is 19.3. The Labute approximate surface area is 92.1 Å². The number of anilines is 1. The summed E-state index contributed by atoms with van der Waals surface area (Å²) in [4.78, 5) is 10.5. The quantitative estimate of drug-likeness (QED) is 0.815. The minimum Gasteiger partial charge on any atom is -0.481 e. The first-order valence-corrected chi connectivity index (χ1v) is 4.80. The molecule has 0 aliphatic carbocycles. The first-order chi connectivity index (χ1) is 7.38. The van der Waals surface area contributed by atoms with Gasteiger partial charge in [-0.05, 0) is 11.6 Å². The number of carbonyl (C=O) groups is 1. The van der Waals surface area contributed by atoms with Gasteiger partial charge in [-0.15, -0.1) is 0 Å². The van der Waals surface area contributed by atoms with Gasteiger partial charge in [-0.25, -0.2) is 8.78 Å².